The van der Waals surface area contributed by atoms with Gasteiger partial charge in [-0.2, -0.15) is 0 Å². The highest BCUT2D eigenvalue weighted by atomic mass is 16.3. The normalized spacial score (nSPS) is 16.4. The zero-order chi connectivity index (χ0) is 34.8. The van der Waals surface area contributed by atoms with Gasteiger partial charge in [0.15, 0.2) is 0 Å². The molecular formula is C51H30N2O. The van der Waals surface area contributed by atoms with Crippen LogP contribution < -0.4 is 0 Å². The van der Waals surface area contributed by atoms with Crippen LogP contribution in [0.1, 0.15) is 29.7 Å². The molecule has 54 heavy (non-hydrogen) atoms. The Bertz CT molecular complexity index is 3490. The summed E-state index contributed by atoms with van der Waals surface area (Å²) >= 11 is 0. The highest BCUT2D eigenvalue weighted by Crippen LogP contribution is 2.66. The minimum absolute atomic E-state index is 0.380. The lowest BCUT2D eigenvalue weighted by molar-refractivity contribution is 0.547. The van der Waals surface area contributed by atoms with E-state index in [1.807, 2.05) is 0 Å². The van der Waals surface area contributed by atoms with Gasteiger partial charge in [0.2, 0.25) is 0 Å². The number of hydrogen-bond donors (Lipinski definition) is 0. The molecule has 1 saturated carbocycles. The first-order valence-corrected chi connectivity index (χ1v) is 19.1. The lowest BCUT2D eigenvalue weighted by Gasteiger charge is -2.18. The number of furan rings is 1. The van der Waals surface area contributed by atoms with E-state index in [0.29, 0.717) is 11.8 Å². The molecular weight excluding hydrogens is 657 g/mol. The Hall–Kier alpha value is -6.84. The van der Waals surface area contributed by atoms with Crippen molar-refractivity contribution in [2.75, 3.05) is 0 Å². The third-order valence-corrected chi connectivity index (χ3v) is 12.9. The van der Waals surface area contributed by atoms with Gasteiger partial charge < -0.3 is 13.6 Å². The smallest absolute Gasteiger partial charge is 0.134 e. The van der Waals surface area contributed by atoms with Crippen LogP contribution in [-0.4, -0.2) is 9.13 Å². The van der Waals surface area contributed by atoms with Crippen LogP contribution in [0.2, 0.25) is 0 Å². The summed E-state index contributed by atoms with van der Waals surface area (Å²) < 4.78 is 12.0. The zero-order valence-corrected chi connectivity index (χ0v) is 29.2. The van der Waals surface area contributed by atoms with E-state index in [1.54, 1.807) is 0 Å². The number of fused-ring (bicyclic) bond motifs is 18. The minimum Gasteiger partial charge on any atom is -0.460 e. The van der Waals surface area contributed by atoms with Gasteiger partial charge in [0.05, 0.1) is 22.2 Å². The van der Waals surface area contributed by atoms with Crippen LogP contribution in [0, 0.1) is 0 Å². The summed E-state index contributed by atoms with van der Waals surface area (Å²) in [6, 6.07) is 58.7. The van der Waals surface area contributed by atoms with Gasteiger partial charge >= 0.3 is 0 Å². The molecule has 0 aliphatic heterocycles. The van der Waals surface area contributed by atoms with Crippen LogP contribution in [0.4, 0.5) is 0 Å². The average molecular weight is 687 g/mol. The summed E-state index contributed by atoms with van der Waals surface area (Å²) in [4.78, 5) is 0. The van der Waals surface area contributed by atoms with Crippen LogP contribution in [-0.2, 0) is 0 Å². The molecule has 0 N–H and O–H groups in total. The molecule has 8 aromatic carbocycles. The van der Waals surface area contributed by atoms with E-state index in [2.05, 4.69) is 167 Å². The number of benzene rings is 8. The standard InChI is InChI=1S/C51H30N2O/c1-2-14-31-28(11-1)12-10-21-42(31)53-43-20-7-5-17-34(43)36-23-24-38-46-47-37-18-6-8-22-44(37)54-51(47)41-27-40(41)48(46)52(50(38)49(36)53)30-25-29-13-9-19-35-32-15-3-4-16-33(32)39(26-30)45(29)35/h1-26,40-41H,27H2. The topological polar surface area (TPSA) is 23.0 Å². The highest BCUT2D eigenvalue weighted by molar-refractivity contribution is 6.23. The number of nitrogens with zero attached hydrogens (tertiary/aromatic N) is 2. The van der Waals surface area contributed by atoms with Crippen LogP contribution in [0.3, 0.4) is 0 Å². The quantitative estimate of drug-likeness (QED) is 0.177. The van der Waals surface area contributed by atoms with E-state index in [4.69, 9.17) is 4.42 Å². The molecule has 3 aliphatic rings. The van der Waals surface area contributed by atoms with Crippen LogP contribution >= 0.6 is 0 Å². The lowest BCUT2D eigenvalue weighted by Crippen LogP contribution is -2.05. The SMILES string of the molecule is c1ccc2c(c1)-c1cccc3cc(-n4c5c(c6ccc7c8ccccc8n(-c8cccc9ccccc89)c7c64)-c4c(oc6ccccc46)C4CC54)cc-2c13. The molecule has 0 amide bonds. The van der Waals surface area contributed by atoms with E-state index < -0.39 is 0 Å². The first kappa shape index (κ1) is 27.8. The predicted molar refractivity (Wildman–Crippen MR) is 222 cm³/mol. The average Bonchev–Trinajstić information content (AvgIpc) is 3.50. The maximum absolute atomic E-state index is 6.77. The van der Waals surface area contributed by atoms with Crippen molar-refractivity contribution in [2.45, 2.75) is 18.3 Å². The van der Waals surface area contributed by atoms with Crippen molar-refractivity contribution >= 4 is 65.2 Å². The molecule has 3 heteroatoms. The Labute approximate surface area is 309 Å². The largest absolute Gasteiger partial charge is 0.460 e. The molecule has 11 aromatic rings. The second kappa shape index (κ2) is 9.57. The van der Waals surface area contributed by atoms with Crippen molar-refractivity contribution in [3.8, 4) is 44.8 Å². The van der Waals surface area contributed by atoms with E-state index in [-0.39, 0.29) is 0 Å². The molecule has 0 radical (unpaired) electrons. The third kappa shape index (κ3) is 3.27. The van der Waals surface area contributed by atoms with Gasteiger partial charge in [0.25, 0.3) is 0 Å². The van der Waals surface area contributed by atoms with Crippen molar-refractivity contribution in [3.05, 3.63) is 169 Å². The Morgan fingerprint density at radius 1 is 0.463 bits per heavy atom. The number of aromatic nitrogens is 2. The fraction of sp³-hybridized carbons (Fsp3) is 0.0588. The van der Waals surface area contributed by atoms with Gasteiger partial charge in [-0.25, -0.2) is 0 Å². The van der Waals surface area contributed by atoms with Crippen molar-refractivity contribution in [1.82, 2.24) is 9.13 Å². The maximum Gasteiger partial charge on any atom is 0.134 e. The molecule has 3 heterocycles. The monoisotopic (exact) mass is 686 g/mol. The zero-order valence-electron chi connectivity index (χ0n) is 29.2. The highest BCUT2D eigenvalue weighted by Gasteiger charge is 2.52. The van der Waals surface area contributed by atoms with Gasteiger partial charge in [-0.05, 0) is 75.2 Å². The van der Waals surface area contributed by atoms with Crippen molar-refractivity contribution < 1.29 is 4.42 Å². The molecule has 14 rings (SSSR count). The summed E-state index contributed by atoms with van der Waals surface area (Å²) in [5.41, 5.74) is 16.5. The van der Waals surface area contributed by atoms with Gasteiger partial charge in [-0.3, -0.25) is 0 Å². The molecule has 0 bridgehead atoms. The lowest BCUT2D eigenvalue weighted by atomic mass is 9.91. The van der Waals surface area contributed by atoms with Crippen molar-refractivity contribution in [2.24, 2.45) is 0 Å². The van der Waals surface area contributed by atoms with Gasteiger partial charge in [0.1, 0.15) is 11.3 Å². The maximum atomic E-state index is 6.77. The molecule has 250 valence electrons. The Kier molecular flexibility index (Phi) is 4.92. The molecule has 3 nitrogen and oxygen atoms in total. The molecule has 3 aliphatic carbocycles. The van der Waals surface area contributed by atoms with Crippen molar-refractivity contribution in [3.63, 3.8) is 0 Å². The molecule has 0 spiro atoms. The minimum atomic E-state index is 0.380. The van der Waals surface area contributed by atoms with Crippen LogP contribution in [0.25, 0.3) is 110 Å². The second-order valence-electron chi connectivity index (χ2n) is 15.5. The summed E-state index contributed by atoms with van der Waals surface area (Å²) in [7, 11) is 0. The van der Waals surface area contributed by atoms with Gasteiger partial charge in [-0.1, -0.05) is 127 Å². The molecule has 3 aromatic heterocycles. The molecule has 2 atom stereocenters. The number of hydrogen-bond acceptors (Lipinski definition) is 1. The van der Waals surface area contributed by atoms with Crippen LogP contribution in [0.5, 0.6) is 0 Å². The molecule has 1 fully saturated rings. The molecule has 0 saturated heterocycles. The van der Waals surface area contributed by atoms with Crippen LogP contribution in [0.15, 0.2) is 162 Å². The second-order valence-corrected chi connectivity index (χ2v) is 15.5. The van der Waals surface area contributed by atoms with E-state index in [9.17, 15) is 0 Å². The summed E-state index contributed by atoms with van der Waals surface area (Å²) in [6.07, 6.45) is 1.10. The summed E-state index contributed by atoms with van der Waals surface area (Å²) in [5, 5.41) is 10.2. The number of rotatable bonds is 2. The van der Waals surface area contributed by atoms with E-state index in [1.165, 1.54) is 110 Å². The van der Waals surface area contributed by atoms with Crippen molar-refractivity contribution in [1.29, 1.82) is 0 Å². The first-order chi connectivity index (χ1) is 26.8. The Morgan fingerprint density at radius 2 is 1.15 bits per heavy atom. The van der Waals surface area contributed by atoms with E-state index >= 15 is 0 Å². The Morgan fingerprint density at radius 3 is 2.07 bits per heavy atom. The predicted octanol–water partition coefficient (Wildman–Crippen LogP) is 13.7. The third-order valence-electron chi connectivity index (χ3n) is 12.9. The summed E-state index contributed by atoms with van der Waals surface area (Å²) in [5.74, 6) is 1.93. The van der Waals surface area contributed by atoms with Gasteiger partial charge in [0, 0.05) is 61.3 Å². The Balaban J connectivity index is 1.22. The first-order valence-electron chi connectivity index (χ1n) is 19.1. The number of para-hydroxylation sites is 2. The fourth-order valence-electron chi connectivity index (χ4n) is 10.7. The molecule has 2 unspecified atom stereocenters. The van der Waals surface area contributed by atoms with Gasteiger partial charge in [-0.15, -0.1) is 0 Å². The van der Waals surface area contributed by atoms with E-state index in [0.717, 1.165) is 17.8 Å². The fourth-order valence-corrected chi connectivity index (χ4v) is 10.7. The summed E-state index contributed by atoms with van der Waals surface area (Å²) in [6.45, 7) is 0.